The number of fused-ring (bicyclic) bond motifs is 2. The Balaban J connectivity index is 1.16. The van der Waals surface area contributed by atoms with Gasteiger partial charge in [0.2, 0.25) is 0 Å². The van der Waals surface area contributed by atoms with Crippen molar-refractivity contribution in [3.63, 3.8) is 0 Å². The Bertz CT molecular complexity index is 1630. The molecule has 8 nitrogen and oxygen atoms in total. The van der Waals surface area contributed by atoms with E-state index < -0.39 is 5.82 Å². The molecule has 4 heterocycles. The van der Waals surface area contributed by atoms with Gasteiger partial charge in [0.25, 0.3) is 5.91 Å². The first-order valence-corrected chi connectivity index (χ1v) is 13.7. The van der Waals surface area contributed by atoms with Gasteiger partial charge in [-0.2, -0.15) is 10.4 Å². The third-order valence-corrected chi connectivity index (χ3v) is 8.32. The summed E-state index contributed by atoms with van der Waals surface area (Å²) >= 11 is 6.15. The standard InChI is InChI=1S/C30H28ClFN6O2/c1-3-40-23-9-24(28-21(12-33)14-35-38(28)17-23)18-4-7-27(34-13-18)37-15-19-10-30(2,11-20(19)16-37)36-29(39)25-8-22(32)5-6-26(25)31/h4-9,13-14,17,19-20H,3,10-11,15-16H2,1-2H3,(H,36,39)/t19-,20+,30+. The second-order valence-electron chi connectivity index (χ2n) is 10.9. The average Bonchev–Trinajstić information content (AvgIpc) is 3.61. The van der Waals surface area contributed by atoms with E-state index in [4.69, 9.17) is 21.3 Å². The molecular formula is C30H28ClFN6O2. The zero-order valence-corrected chi connectivity index (χ0v) is 23.0. The van der Waals surface area contributed by atoms with Gasteiger partial charge in [-0.3, -0.25) is 4.79 Å². The van der Waals surface area contributed by atoms with E-state index in [2.05, 4.69) is 28.3 Å². The van der Waals surface area contributed by atoms with Crippen molar-refractivity contribution in [1.29, 1.82) is 5.26 Å². The van der Waals surface area contributed by atoms with Gasteiger partial charge in [-0.15, -0.1) is 0 Å². The zero-order chi connectivity index (χ0) is 28.0. The summed E-state index contributed by atoms with van der Waals surface area (Å²) < 4.78 is 21.1. The Hall–Kier alpha value is -4.16. The molecule has 1 amide bonds. The number of pyridine rings is 2. The minimum atomic E-state index is -0.487. The second-order valence-corrected chi connectivity index (χ2v) is 11.3. The molecule has 10 heteroatoms. The van der Waals surface area contributed by atoms with Crippen LogP contribution in [0, 0.1) is 29.0 Å². The molecule has 0 bridgehead atoms. The molecule has 1 N–H and O–H groups in total. The van der Waals surface area contributed by atoms with Crippen LogP contribution >= 0.6 is 11.6 Å². The molecule has 0 radical (unpaired) electrons. The minimum absolute atomic E-state index is 0.160. The van der Waals surface area contributed by atoms with Crippen LogP contribution in [-0.2, 0) is 0 Å². The first kappa shape index (κ1) is 26.1. The normalized spacial score (nSPS) is 21.8. The maximum absolute atomic E-state index is 13.7. The highest BCUT2D eigenvalue weighted by molar-refractivity contribution is 6.33. The highest BCUT2D eigenvalue weighted by atomic mass is 35.5. The number of hydrogen-bond acceptors (Lipinski definition) is 6. The zero-order valence-electron chi connectivity index (χ0n) is 22.2. The van der Waals surface area contributed by atoms with E-state index in [1.165, 1.54) is 18.2 Å². The summed E-state index contributed by atoms with van der Waals surface area (Å²) in [5.41, 5.74) is 2.70. The number of nitrogens with one attached hydrogen (secondary N) is 1. The summed E-state index contributed by atoms with van der Waals surface area (Å²) in [5.74, 6) is 1.54. The molecule has 3 aromatic heterocycles. The van der Waals surface area contributed by atoms with Crippen molar-refractivity contribution in [3.05, 3.63) is 77.0 Å². The molecule has 0 spiro atoms. The van der Waals surface area contributed by atoms with E-state index in [0.29, 0.717) is 29.8 Å². The summed E-state index contributed by atoms with van der Waals surface area (Å²) in [6.07, 6.45) is 6.81. The van der Waals surface area contributed by atoms with Crippen molar-refractivity contribution in [2.45, 2.75) is 32.2 Å². The summed E-state index contributed by atoms with van der Waals surface area (Å²) in [4.78, 5) is 20.0. The van der Waals surface area contributed by atoms with Crippen molar-refractivity contribution in [1.82, 2.24) is 19.9 Å². The number of nitrogens with zero attached hydrogens (tertiary/aromatic N) is 5. The van der Waals surface area contributed by atoms with Crippen LogP contribution < -0.4 is 15.0 Å². The molecule has 1 aliphatic carbocycles. The summed E-state index contributed by atoms with van der Waals surface area (Å²) in [7, 11) is 0. The highest BCUT2D eigenvalue weighted by Gasteiger charge is 2.47. The van der Waals surface area contributed by atoms with Crippen LogP contribution in [0.15, 0.2) is 55.0 Å². The third kappa shape index (κ3) is 4.73. The van der Waals surface area contributed by atoms with Crippen molar-refractivity contribution >= 4 is 28.8 Å². The monoisotopic (exact) mass is 558 g/mol. The number of ether oxygens (including phenoxy) is 1. The highest BCUT2D eigenvalue weighted by Crippen LogP contribution is 2.45. The molecule has 4 aromatic rings. The molecule has 2 aliphatic rings. The van der Waals surface area contributed by atoms with Crippen molar-refractivity contribution in [3.8, 4) is 22.9 Å². The fourth-order valence-corrected chi connectivity index (χ4v) is 6.52. The fraction of sp³-hybridized carbons (Fsp3) is 0.333. The molecule has 40 heavy (non-hydrogen) atoms. The Labute approximate surface area is 236 Å². The summed E-state index contributed by atoms with van der Waals surface area (Å²) in [6, 6.07) is 12.0. The van der Waals surface area contributed by atoms with Gasteiger partial charge in [0, 0.05) is 36.0 Å². The Morgan fingerprint density at radius 2 is 2.00 bits per heavy atom. The van der Waals surface area contributed by atoms with Crippen LogP contribution in [0.25, 0.3) is 16.6 Å². The number of hydrogen-bond donors (Lipinski definition) is 1. The maximum atomic E-state index is 13.7. The van der Waals surface area contributed by atoms with Crippen molar-refractivity contribution < 1.29 is 13.9 Å². The SMILES string of the molecule is CCOc1cc(-c2ccc(N3C[C@@H]4C[C@@](C)(NC(=O)c5cc(F)ccc5Cl)C[C@@H]4C3)nc2)c2c(C#N)cnn2c1. The predicted molar refractivity (Wildman–Crippen MR) is 150 cm³/mol. The maximum Gasteiger partial charge on any atom is 0.253 e. The number of halogens is 2. The van der Waals surface area contributed by atoms with Gasteiger partial charge < -0.3 is 15.0 Å². The lowest BCUT2D eigenvalue weighted by Gasteiger charge is -2.29. The van der Waals surface area contributed by atoms with Gasteiger partial charge in [0.05, 0.1) is 40.7 Å². The number of nitriles is 1. The van der Waals surface area contributed by atoms with E-state index in [9.17, 15) is 14.4 Å². The lowest BCUT2D eigenvalue weighted by molar-refractivity contribution is 0.0904. The molecule has 2 fully saturated rings. The van der Waals surface area contributed by atoms with Gasteiger partial charge in [-0.1, -0.05) is 11.6 Å². The molecule has 1 saturated carbocycles. The van der Waals surface area contributed by atoms with Gasteiger partial charge in [0.1, 0.15) is 23.5 Å². The second kappa shape index (κ2) is 10.1. The van der Waals surface area contributed by atoms with Gasteiger partial charge >= 0.3 is 0 Å². The number of rotatable bonds is 6. The quantitative estimate of drug-likeness (QED) is 0.336. The molecule has 1 aliphatic heterocycles. The van der Waals surface area contributed by atoms with Crippen molar-refractivity contribution in [2.75, 3.05) is 24.6 Å². The first-order chi connectivity index (χ1) is 19.3. The van der Waals surface area contributed by atoms with Gasteiger partial charge in [0.15, 0.2) is 0 Å². The largest absolute Gasteiger partial charge is 0.492 e. The Kier molecular flexibility index (Phi) is 6.59. The molecule has 3 atom stereocenters. The number of aromatic nitrogens is 3. The van der Waals surface area contributed by atoms with E-state index in [-0.39, 0.29) is 22.0 Å². The fourth-order valence-electron chi connectivity index (χ4n) is 6.32. The molecule has 1 aromatic carbocycles. The van der Waals surface area contributed by atoms with Crippen LogP contribution in [0.4, 0.5) is 10.2 Å². The van der Waals surface area contributed by atoms with Crippen LogP contribution in [0.5, 0.6) is 5.75 Å². The molecule has 0 unspecified atom stereocenters. The van der Waals surface area contributed by atoms with E-state index in [0.717, 1.165) is 48.4 Å². The molecule has 1 saturated heterocycles. The summed E-state index contributed by atoms with van der Waals surface area (Å²) in [5, 5.41) is 17.3. The van der Waals surface area contributed by atoms with Crippen LogP contribution in [0.1, 0.15) is 42.6 Å². The average molecular weight is 559 g/mol. The van der Waals surface area contributed by atoms with E-state index in [1.807, 2.05) is 31.3 Å². The number of carbonyl (C=O) groups is 1. The molecule has 204 valence electrons. The molecule has 6 rings (SSSR count). The number of anilines is 1. The third-order valence-electron chi connectivity index (χ3n) is 7.99. The molecular weight excluding hydrogens is 531 g/mol. The van der Waals surface area contributed by atoms with Crippen LogP contribution in [0.2, 0.25) is 5.02 Å². The van der Waals surface area contributed by atoms with Crippen LogP contribution in [0.3, 0.4) is 0 Å². The Morgan fingerprint density at radius 3 is 2.67 bits per heavy atom. The van der Waals surface area contributed by atoms with Crippen molar-refractivity contribution in [2.24, 2.45) is 11.8 Å². The number of carbonyl (C=O) groups excluding carboxylic acids is 1. The summed E-state index contributed by atoms with van der Waals surface area (Å²) in [6.45, 7) is 6.18. The van der Waals surface area contributed by atoms with E-state index >= 15 is 0 Å². The lowest BCUT2D eigenvalue weighted by atomic mass is 9.97. The predicted octanol–water partition coefficient (Wildman–Crippen LogP) is 5.49. The lowest BCUT2D eigenvalue weighted by Crippen LogP contribution is -2.45. The Morgan fingerprint density at radius 1 is 1.23 bits per heavy atom. The van der Waals surface area contributed by atoms with E-state index in [1.54, 1.807) is 16.9 Å². The number of amides is 1. The van der Waals surface area contributed by atoms with Crippen LogP contribution in [-0.4, -0.2) is 45.7 Å². The number of benzene rings is 1. The van der Waals surface area contributed by atoms with Gasteiger partial charge in [-0.25, -0.2) is 13.9 Å². The van der Waals surface area contributed by atoms with Gasteiger partial charge in [-0.05, 0) is 74.9 Å². The first-order valence-electron chi connectivity index (χ1n) is 13.3. The topological polar surface area (TPSA) is 95.5 Å². The minimum Gasteiger partial charge on any atom is -0.492 e. The smallest absolute Gasteiger partial charge is 0.253 e.